The summed E-state index contributed by atoms with van der Waals surface area (Å²) in [4.78, 5) is 6.11. The average Bonchev–Trinajstić information content (AvgIpc) is 2.60. The minimum absolute atomic E-state index is 0.694. The fourth-order valence-electron chi connectivity index (χ4n) is 1.81. The Labute approximate surface area is 108 Å². The van der Waals surface area contributed by atoms with Gasteiger partial charge in [0.2, 0.25) is 0 Å². The summed E-state index contributed by atoms with van der Waals surface area (Å²) in [5, 5.41) is 1.15. The molecular formula is C15H19NS. The molecule has 90 valence electrons. The van der Waals surface area contributed by atoms with Crippen molar-refractivity contribution in [3.8, 4) is 10.6 Å². The van der Waals surface area contributed by atoms with E-state index in [2.05, 4.69) is 56.9 Å². The van der Waals surface area contributed by atoms with E-state index in [9.17, 15) is 0 Å². The second-order valence-corrected chi connectivity index (χ2v) is 6.08. The first-order chi connectivity index (χ1) is 8.06. The van der Waals surface area contributed by atoms with Gasteiger partial charge in [-0.15, -0.1) is 11.3 Å². The summed E-state index contributed by atoms with van der Waals surface area (Å²) in [7, 11) is 0. The Morgan fingerprint density at radius 3 is 2.35 bits per heavy atom. The highest BCUT2D eigenvalue weighted by molar-refractivity contribution is 7.15. The van der Waals surface area contributed by atoms with Crippen molar-refractivity contribution in [1.29, 1.82) is 0 Å². The molecule has 0 bridgehead atoms. The Bertz CT molecular complexity index is 494. The van der Waals surface area contributed by atoms with Gasteiger partial charge in [0.15, 0.2) is 0 Å². The summed E-state index contributed by atoms with van der Waals surface area (Å²) in [6.45, 7) is 8.74. The maximum atomic E-state index is 4.68. The second kappa shape index (κ2) is 5.01. The molecule has 0 radical (unpaired) electrons. The van der Waals surface area contributed by atoms with Gasteiger partial charge >= 0.3 is 0 Å². The molecular weight excluding hydrogens is 226 g/mol. The Kier molecular flexibility index (Phi) is 3.63. The summed E-state index contributed by atoms with van der Waals surface area (Å²) in [5.74, 6) is 0.694. The zero-order valence-electron chi connectivity index (χ0n) is 10.9. The molecule has 0 N–H and O–H groups in total. The van der Waals surface area contributed by atoms with E-state index < -0.39 is 0 Å². The Balaban J connectivity index is 2.31. The van der Waals surface area contributed by atoms with Crippen LogP contribution in [0.25, 0.3) is 10.6 Å². The predicted molar refractivity (Wildman–Crippen MR) is 75.6 cm³/mol. The lowest BCUT2D eigenvalue weighted by Gasteiger charge is -2.00. The SMILES string of the molecule is Cc1ccc(-c2nc(C)c(CC(C)C)s2)cc1. The van der Waals surface area contributed by atoms with Gasteiger partial charge in [-0.2, -0.15) is 0 Å². The molecule has 0 fully saturated rings. The summed E-state index contributed by atoms with van der Waals surface area (Å²) in [6.07, 6.45) is 1.13. The van der Waals surface area contributed by atoms with Crippen LogP contribution in [0.1, 0.15) is 30.0 Å². The van der Waals surface area contributed by atoms with E-state index >= 15 is 0 Å². The van der Waals surface area contributed by atoms with Gasteiger partial charge in [0.1, 0.15) is 5.01 Å². The van der Waals surface area contributed by atoms with Crippen LogP contribution in [-0.2, 0) is 6.42 Å². The third-order valence-corrected chi connectivity index (χ3v) is 4.01. The maximum absolute atomic E-state index is 4.68. The molecule has 0 aliphatic heterocycles. The average molecular weight is 245 g/mol. The van der Waals surface area contributed by atoms with Crippen molar-refractivity contribution < 1.29 is 0 Å². The molecule has 1 aromatic carbocycles. The molecule has 1 nitrogen and oxygen atoms in total. The van der Waals surface area contributed by atoms with Crippen LogP contribution in [0.5, 0.6) is 0 Å². The Morgan fingerprint density at radius 2 is 1.76 bits per heavy atom. The molecule has 0 unspecified atom stereocenters. The number of rotatable bonds is 3. The number of hydrogen-bond acceptors (Lipinski definition) is 2. The lowest BCUT2D eigenvalue weighted by molar-refractivity contribution is 0.651. The molecule has 1 aromatic heterocycles. The number of nitrogens with zero attached hydrogens (tertiary/aromatic N) is 1. The second-order valence-electron chi connectivity index (χ2n) is 4.99. The van der Waals surface area contributed by atoms with Crippen molar-refractivity contribution in [2.75, 3.05) is 0 Å². The fraction of sp³-hybridized carbons (Fsp3) is 0.400. The van der Waals surface area contributed by atoms with E-state index in [-0.39, 0.29) is 0 Å². The predicted octanol–water partition coefficient (Wildman–Crippen LogP) is 4.63. The normalized spacial score (nSPS) is 11.1. The molecule has 0 amide bonds. The summed E-state index contributed by atoms with van der Waals surface area (Å²) >= 11 is 1.84. The highest BCUT2D eigenvalue weighted by atomic mass is 32.1. The minimum atomic E-state index is 0.694. The van der Waals surface area contributed by atoms with E-state index in [4.69, 9.17) is 0 Å². The lowest BCUT2D eigenvalue weighted by atomic mass is 10.1. The Hall–Kier alpha value is -1.15. The van der Waals surface area contributed by atoms with Crippen molar-refractivity contribution in [2.45, 2.75) is 34.1 Å². The van der Waals surface area contributed by atoms with Crippen LogP contribution < -0.4 is 0 Å². The van der Waals surface area contributed by atoms with Crippen LogP contribution in [0.2, 0.25) is 0 Å². The fourth-order valence-corrected chi connectivity index (χ4v) is 3.09. The smallest absolute Gasteiger partial charge is 0.123 e. The van der Waals surface area contributed by atoms with E-state index in [1.54, 1.807) is 0 Å². The van der Waals surface area contributed by atoms with E-state index in [0.717, 1.165) is 11.4 Å². The molecule has 0 atom stereocenters. The molecule has 0 aliphatic carbocycles. The van der Waals surface area contributed by atoms with Gasteiger partial charge in [-0.3, -0.25) is 0 Å². The first-order valence-corrected chi connectivity index (χ1v) is 6.91. The van der Waals surface area contributed by atoms with Crippen LogP contribution in [0.3, 0.4) is 0 Å². The summed E-state index contributed by atoms with van der Waals surface area (Å²) in [6, 6.07) is 8.61. The highest BCUT2D eigenvalue weighted by Crippen LogP contribution is 2.29. The monoisotopic (exact) mass is 245 g/mol. The Morgan fingerprint density at radius 1 is 1.12 bits per heavy atom. The highest BCUT2D eigenvalue weighted by Gasteiger charge is 2.10. The first kappa shape index (κ1) is 12.3. The largest absolute Gasteiger partial charge is 0.241 e. The minimum Gasteiger partial charge on any atom is -0.241 e. The van der Waals surface area contributed by atoms with Crippen molar-refractivity contribution in [2.24, 2.45) is 5.92 Å². The van der Waals surface area contributed by atoms with Crippen LogP contribution in [0, 0.1) is 19.8 Å². The van der Waals surface area contributed by atoms with Crippen LogP contribution in [0.15, 0.2) is 24.3 Å². The van der Waals surface area contributed by atoms with Gasteiger partial charge < -0.3 is 0 Å². The zero-order valence-corrected chi connectivity index (χ0v) is 11.8. The summed E-state index contributed by atoms with van der Waals surface area (Å²) in [5.41, 5.74) is 3.72. The topological polar surface area (TPSA) is 12.9 Å². The van der Waals surface area contributed by atoms with Crippen LogP contribution in [0.4, 0.5) is 0 Å². The van der Waals surface area contributed by atoms with Crippen LogP contribution >= 0.6 is 11.3 Å². The van der Waals surface area contributed by atoms with Gasteiger partial charge in [0, 0.05) is 10.4 Å². The van der Waals surface area contributed by atoms with Gasteiger partial charge in [0.05, 0.1) is 5.69 Å². The van der Waals surface area contributed by atoms with Gasteiger partial charge in [-0.1, -0.05) is 43.7 Å². The van der Waals surface area contributed by atoms with Gasteiger partial charge in [-0.05, 0) is 26.2 Å². The van der Waals surface area contributed by atoms with Crippen molar-refractivity contribution >= 4 is 11.3 Å². The lowest BCUT2D eigenvalue weighted by Crippen LogP contribution is -1.92. The summed E-state index contributed by atoms with van der Waals surface area (Å²) < 4.78 is 0. The van der Waals surface area contributed by atoms with E-state index in [1.165, 1.54) is 21.7 Å². The van der Waals surface area contributed by atoms with Crippen LogP contribution in [-0.4, -0.2) is 4.98 Å². The molecule has 2 aromatic rings. The molecule has 17 heavy (non-hydrogen) atoms. The number of aryl methyl sites for hydroxylation is 2. The number of thiazole rings is 1. The first-order valence-electron chi connectivity index (χ1n) is 6.09. The van der Waals surface area contributed by atoms with Crippen molar-refractivity contribution in [3.05, 3.63) is 40.4 Å². The zero-order chi connectivity index (χ0) is 12.4. The number of aromatic nitrogens is 1. The van der Waals surface area contributed by atoms with Gasteiger partial charge in [-0.25, -0.2) is 4.98 Å². The third-order valence-electron chi connectivity index (χ3n) is 2.78. The molecule has 0 saturated carbocycles. The van der Waals surface area contributed by atoms with E-state index in [1.807, 2.05) is 11.3 Å². The maximum Gasteiger partial charge on any atom is 0.123 e. The molecule has 0 saturated heterocycles. The van der Waals surface area contributed by atoms with Gasteiger partial charge in [0.25, 0.3) is 0 Å². The van der Waals surface area contributed by atoms with Crippen molar-refractivity contribution in [1.82, 2.24) is 4.98 Å². The molecule has 0 aliphatic rings. The molecule has 2 rings (SSSR count). The standard InChI is InChI=1S/C15H19NS/c1-10(2)9-14-12(4)16-15(17-14)13-7-5-11(3)6-8-13/h5-8,10H,9H2,1-4H3. The third kappa shape index (κ3) is 2.95. The van der Waals surface area contributed by atoms with Crippen molar-refractivity contribution in [3.63, 3.8) is 0 Å². The molecule has 0 spiro atoms. The number of hydrogen-bond donors (Lipinski definition) is 0. The quantitative estimate of drug-likeness (QED) is 0.768. The molecule has 1 heterocycles. The molecule has 2 heteroatoms. The van der Waals surface area contributed by atoms with E-state index in [0.29, 0.717) is 5.92 Å². The number of benzene rings is 1.